The van der Waals surface area contributed by atoms with Gasteiger partial charge in [-0.25, -0.2) is 19.7 Å². The second-order valence-corrected chi connectivity index (χ2v) is 16.4. The van der Waals surface area contributed by atoms with Gasteiger partial charge in [0.1, 0.15) is 17.9 Å². The Balaban J connectivity index is 1.00. The van der Waals surface area contributed by atoms with E-state index in [4.69, 9.17) is 38.1 Å². The Hall–Kier alpha value is -4.90. The molecule has 3 aromatic heterocycles. The van der Waals surface area contributed by atoms with Crippen LogP contribution < -0.4 is 20.3 Å². The number of carbonyl (C=O) groups excluding carboxylic acids is 3. The summed E-state index contributed by atoms with van der Waals surface area (Å²) in [4.78, 5) is 53.6. The predicted octanol–water partition coefficient (Wildman–Crippen LogP) is 5.93. The number of ether oxygens (including phenoxy) is 5. The first-order valence-electron chi connectivity index (χ1n) is 20.0. The molecule has 1 aliphatic rings. The summed E-state index contributed by atoms with van der Waals surface area (Å²) in [6.45, 7) is 14.7. The molecule has 0 radical (unpaired) electrons. The molecule has 316 valence electrons. The van der Waals surface area contributed by atoms with Gasteiger partial charge in [-0.2, -0.15) is 0 Å². The highest BCUT2D eigenvalue weighted by molar-refractivity contribution is 6.05. The molecule has 1 saturated heterocycles. The van der Waals surface area contributed by atoms with Crippen molar-refractivity contribution in [3.8, 4) is 17.1 Å². The molecule has 0 spiro atoms. The quantitative estimate of drug-likeness (QED) is 0.0573. The topological polar surface area (TPSA) is 197 Å². The van der Waals surface area contributed by atoms with Crippen LogP contribution >= 0.6 is 0 Å². The number of furan rings is 1. The number of esters is 1. The fraction of sp³-hybridized carbons (Fsp3) is 0.571. The summed E-state index contributed by atoms with van der Waals surface area (Å²) in [5, 5.41) is 16.2. The third-order valence-electron chi connectivity index (χ3n) is 8.92. The monoisotopic (exact) mass is 806 g/mol. The number of morpholine rings is 1. The number of aliphatic hydroxyl groups is 1. The molecule has 1 aromatic carbocycles. The average molecular weight is 807 g/mol. The Morgan fingerprint density at radius 1 is 0.948 bits per heavy atom. The molecule has 16 heteroatoms. The second kappa shape index (κ2) is 20.7. The van der Waals surface area contributed by atoms with Crippen molar-refractivity contribution in [3.05, 3.63) is 42.6 Å². The maximum absolute atomic E-state index is 12.6. The van der Waals surface area contributed by atoms with Gasteiger partial charge in [-0.3, -0.25) is 9.59 Å². The van der Waals surface area contributed by atoms with Crippen LogP contribution in [0.25, 0.3) is 33.6 Å². The highest BCUT2D eigenvalue weighted by Crippen LogP contribution is 2.35. The summed E-state index contributed by atoms with van der Waals surface area (Å²) in [6, 6.07) is 10.8. The van der Waals surface area contributed by atoms with E-state index in [1.54, 1.807) is 24.4 Å². The molecule has 3 N–H and O–H groups in total. The smallest absolute Gasteiger partial charge is 0.412 e. The lowest BCUT2D eigenvalue weighted by Crippen LogP contribution is -2.38. The van der Waals surface area contributed by atoms with E-state index in [1.807, 2.05) is 39.0 Å². The van der Waals surface area contributed by atoms with Crippen molar-refractivity contribution in [1.29, 1.82) is 0 Å². The molecule has 2 amide bonds. The number of benzene rings is 1. The Morgan fingerprint density at radius 3 is 2.43 bits per heavy atom. The largest absolute Gasteiger partial charge is 0.460 e. The molecule has 4 heterocycles. The van der Waals surface area contributed by atoms with E-state index in [9.17, 15) is 19.5 Å². The molecular formula is C42H58N6O10. The number of fused-ring (bicyclic) bond motifs is 3. The third-order valence-corrected chi connectivity index (χ3v) is 8.92. The maximum Gasteiger partial charge on any atom is 0.412 e. The number of pyridine rings is 1. The van der Waals surface area contributed by atoms with Gasteiger partial charge in [0.25, 0.3) is 0 Å². The normalized spacial score (nSPS) is 14.6. The number of rotatable bonds is 19. The van der Waals surface area contributed by atoms with Gasteiger partial charge in [0.15, 0.2) is 23.5 Å². The van der Waals surface area contributed by atoms with Gasteiger partial charge >= 0.3 is 12.1 Å². The third kappa shape index (κ3) is 13.9. The molecule has 2 atom stereocenters. The SMILES string of the molecule is CC(C)(C)CC(CO)OC(COC(=O)CCCC(=O)NCCCCNC(=O)Oc1cccc(-c2nc(N3CCOCC3)c3oc4ncccc4c3n2)c1)OC(C)(C)C. The van der Waals surface area contributed by atoms with Gasteiger partial charge in [-0.05, 0) is 76.1 Å². The minimum Gasteiger partial charge on any atom is -0.460 e. The highest BCUT2D eigenvalue weighted by Gasteiger charge is 2.27. The molecular weight excluding hydrogens is 748 g/mol. The summed E-state index contributed by atoms with van der Waals surface area (Å²) < 4.78 is 34.5. The van der Waals surface area contributed by atoms with Crippen LogP contribution in [-0.4, -0.2) is 109 Å². The number of unbranched alkanes of at least 4 members (excludes halogenated alkanes) is 1. The standard InChI is InChI=1S/C42H58N6O10/c1-41(2,3)25-30(26-49)55-34(58-42(4,5)6)27-54-33(51)16-10-15-32(50)43-17-7-8-18-45-40(52)56-29-13-9-12-28(24-29)37-46-35-31-14-11-19-44-39(31)57-36(35)38(47-37)48-20-22-53-23-21-48/h9,11-14,19,24,30,34,49H,7-8,10,15-18,20-23,25-27H2,1-6H3,(H,43,50)(H,45,52). The van der Waals surface area contributed by atoms with Crippen molar-refractivity contribution in [2.24, 2.45) is 5.41 Å². The van der Waals surface area contributed by atoms with Crippen LogP contribution in [-0.2, 0) is 28.5 Å². The zero-order valence-electron chi connectivity index (χ0n) is 34.5. The van der Waals surface area contributed by atoms with Crippen LogP contribution in [0.2, 0.25) is 0 Å². The number of hydrogen-bond acceptors (Lipinski definition) is 14. The molecule has 4 aromatic rings. The summed E-state index contributed by atoms with van der Waals surface area (Å²) in [7, 11) is 0. The van der Waals surface area contributed by atoms with Crippen LogP contribution in [0.3, 0.4) is 0 Å². The summed E-state index contributed by atoms with van der Waals surface area (Å²) in [6.07, 6.45) is 2.16. The predicted molar refractivity (Wildman–Crippen MR) is 217 cm³/mol. The van der Waals surface area contributed by atoms with E-state index in [1.165, 1.54) is 0 Å². The van der Waals surface area contributed by atoms with Gasteiger partial charge in [0.05, 0.1) is 36.9 Å². The van der Waals surface area contributed by atoms with E-state index < -0.39 is 30.1 Å². The molecule has 0 aliphatic carbocycles. The lowest BCUT2D eigenvalue weighted by Gasteiger charge is -2.32. The summed E-state index contributed by atoms with van der Waals surface area (Å²) >= 11 is 0. The van der Waals surface area contributed by atoms with Crippen LogP contribution in [0.1, 0.15) is 80.1 Å². The van der Waals surface area contributed by atoms with Crippen LogP contribution in [0.15, 0.2) is 47.0 Å². The number of hydrogen-bond donors (Lipinski definition) is 3. The Kier molecular flexibility index (Phi) is 15.8. The number of aromatic nitrogens is 3. The molecule has 2 unspecified atom stereocenters. The molecule has 16 nitrogen and oxygen atoms in total. The van der Waals surface area contributed by atoms with Gasteiger partial charge in [0, 0.05) is 50.8 Å². The van der Waals surface area contributed by atoms with Crippen molar-refractivity contribution in [2.75, 3.05) is 57.5 Å². The van der Waals surface area contributed by atoms with Gasteiger partial charge < -0.3 is 48.7 Å². The number of aliphatic hydroxyl groups excluding tert-OH is 1. The average Bonchev–Trinajstić information content (AvgIpc) is 3.55. The fourth-order valence-electron chi connectivity index (χ4n) is 6.36. The van der Waals surface area contributed by atoms with Gasteiger partial charge in [0.2, 0.25) is 11.6 Å². The fourth-order valence-corrected chi connectivity index (χ4v) is 6.36. The number of nitrogens with one attached hydrogen (secondary N) is 2. The Labute approximate surface area is 339 Å². The minimum atomic E-state index is -0.839. The van der Waals surface area contributed by atoms with E-state index in [-0.39, 0.29) is 37.4 Å². The van der Waals surface area contributed by atoms with Crippen molar-refractivity contribution >= 4 is 46.0 Å². The van der Waals surface area contributed by atoms with E-state index >= 15 is 0 Å². The minimum absolute atomic E-state index is 0.0625. The van der Waals surface area contributed by atoms with Crippen molar-refractivity contribution < 1.29 is 47.6 Å². The number of amides is 2. The highest BCUT2D eigenvalue weighted by atomic mass is 16.7. The van der Waals surface area contributed by atoms with Crippen LogP contribution in [0.5, 0.6) is 5.75 Å². The first kappa shape index (κ1) is 44.2. The van der Waals surface area contributed by atoms with E-state index in [0.29, 0.717) is 105 Å². The van der Waals surface area contributed by atoms with Crippen LogP contribution in [0.4, 0.5) is 10.6 Å². The zero-order chi connectivity index (χ0) is 41.7. The van der Waals surface area contributed by atoms with Crippen molar-refractivity contribution in [1.82, 2.24) is 25.6 Å². The van der Waals surface area contributed by atoms with Gasteiger partial charge in [-0.15, -0.1) is 0 Å². The second-order valence-electron chi connectivity index (χ2n) is 16.4. The molecule has 58 heavy (non-hydrogen) atoms. The number of carbonyl (C=O) groups is 3. The summed E-state index contributed by atoms with van der Waals surface area (Å²) in [5.74, 6) is 0.805. The van der Waals surface area contributed by atoms with Crippen molar-refractivity contribution in [3.63, 3.8) is 0 Å². The lowest BCUT2D eigenvalue weighted by molar-refractivity contribution is -0.241. The molecule has 0 saturated carbocycles. The Bertz CT molecular complexity index is 1970. The van der Waals surface area contributed by atoms with Gasteiger partial charge in [-0.1, -0.05) is 32.9 Å². The summed E-state index contributed by atoms with van der Waals surface area (Å²) in [5.41, 5.74) is 1.73. The van der Waals surface area contributed by atoms with Crippen molar-refractivity contribution in [2.45, 2.75) is 98.1 Å². The number of anilines is 1. The number of nitrogens with zero attached hydrogens (tertiary/aromatic N) is 4. The molecule has 5 rings (SSSR count). The lowest BCUT2D eigenvalue weighted by atomic mass is 9.89. The molecule has 1 fully saturated rings. The first-order valence-corrected chi connectivity index (χ1v) is 20.0. The molecule has 0 bridgehead atoms. The molecule has 1 aliphatic heterocycles. The Morgan fingerprint density at radius 2 is 1.71 bits per heavy atom. The first-order chi connectivity index (χ1) is 27.7. The van der Waals surface area contributed by atoms with Crippen LogP contribution in [0, 0.1) is 5.41 Å². The van der Waals surface area contributed by atoms with E-state index in [0.717, 1.165) is 5.39 Å². The van der Waals surface area contributed by atoms with E-state index in [2.05, 4.69) is 41.3 Å². The zero-order valence-corrected chi connectivity index (χ0v) is 34.5. The maximum atomic E-state index is 12.6.